The molecule has 0 aliphatic heterocycles. The minimum Gasteiger partial charge on any atom is -0.484 e. The number of carbonyl (C=O) groups is 2. The lowest BCUT2D eigenvalue weighted by Crippen LogP contribution is -2.41. The third-order valence-electron chi connectivity index (χ3n) is 3.95. The number of aryl methyl sites for hydroxylation is 1. The second kappa shape index (κ2) is 8.90. The zero-order valence-electron chi connectivity index (χ0n) is 15.3. The first-order chi connectivity index (χ1) is 13.5. The Morgan fingerprint density at radius 2 is 2.04 bits per heavy atom. The van der Waals surface area contributed by atoms with E-state index in [-0.39, 0.29) is 13.2 Å². The number of carbonyl (C=O) groups excluding carboxylic acids is 2. The maximum Gasteiger partial charge on any atom is 0.336 e. The van der Waals surface area contributed by atoms with Crippen molar-refractivity contribution in [2.75, 3.05) is 6.61 Å². The second-order valence-corrected chi connectivity index (χ2v) is 6.10. The molecule has 28 heavy (non-hydrogen) atoms. The molecule has 0 saturated heterocycles. The van der Waals surface area contributed by atoms with E-state index in [4.69, 9.17) is 13.6 Å². The number of furan rings is 1. The zero-order valence-corrected chi connectivity index (χ0v) is 15.3. The molecule has 0 bridgehead atoms. The molecule has 2 heterocycles. The highest BCUT2D eigenvalue weighted by molar-refractivity contribution is 5.95. The molecule has 0 unspecified atom stereocenters. The molecule has 0 aliphatic carbocycles. The fourth-order valence-electron chi connectivity index (χ4n) is 2.71. The number of urea groups is 1. The first kappa shape index (κ1) is 19.2. The van der Waals surface area contributed by atoms with E-state index >= 15 is 0 Å². The summed E-state index contributed by atoms with van der Waals surface area (Å²) < 4.78 is 15.7. The Hall–Kier alpha value is -3.55. The van der Waals surface area contributed by atoms with Crippen LogP contribution < -0.4 is 21.0 Å². The number of amides is 3. The lowest BCUT2D eigenvalue weighted by atomic mass is 10.1. The number of fused-ring (bicyclic) bond motifs is 1. The van der Waals surface area contributed by atoms with E-state index in [1.54, 1.807) is 30.3 Å². The van der Waals surface area contributed by atoms with E-state index in [2.05, 4.69) is 10.6 Å². The van der Waals surface area contributed by atoms with Gasteiger partial charge in [0, 0.05) is 17.5 Å². The van der Waals surface area contributed by atoms with Crippen LogP contribution in [-0.2, 0) is 17.8 Å². The summed E-state index contributed by atoms with van der Waals surface area (Å²) in [5.41, 5.74) is 0.871. The lowest BCUT2D eigenvalue weighted by molar-refractivity contribution is -0.122. The monoisotopic (exact) mass is 384 g/mol. The molecule has 3 aromatic rings. The number of rotatable bonds is 7. The van der Waals surface area contributed by atoms with Gasteiger partial charge in [-0.25, -0.2) is 9.59 Å². The van der Waals surface area contributed by atoms with Gasteiger partial charge in [-0.2, -0.15) is 0 Å². The van der Waals surface area contributed by atoms with Crippen molar-refractivity contribution in [3.05, 3.63) is 64.4 Å². The van der Waals surface area contributed by atoms with Crippen LogP contribution in [0.4, 0.5) is 4.79 Å². The number of hydrogen-bond acceptors (Lipinski definition) is 6. The Kier molecular flexibility index (Phi) is 6.11. The van der Waals surface area contributed by atoms with Gasteiger partial charge in [-0.3, -0.25) is 10.1 Å². The van der Waals surface area contributed by atoms with Crippen LogP contribution in [0.15, 0.2) is 56.3 Å². The van der Waals surface area contributed by atoms with Crippen molar-refractivity contribution >= 4 is 22.9 Å². The van der Waals surface area contributed by atoms with Crippen LogP contribution in [0, 0.1) is 0 Å². The number of imide groups is 1. The summed E-state index contributed by atoms with van der Waals surface area (Å²) in [4.78, 5) is 35.2. The van der Waals surface area contributed by atoms with E-state index in [1.807, 2.05) is 6.92 Å². The molecule has 0 spiro atoms. The Labute approximate surface area is 160 Å². The predicted octanol–water partition coefficient (Wildman–Crippen LogP) is 2.74. The number of hydrogen-bond donors (Lipinski definition) is 2. The SMILES string of the molecule is CCCc1cc(=O)oc2cc(OCC(=O)NC(=O)NCc3ccco3)ccc12. The highest BCUT2D eigenvalue weighted by Crippen LogP contribution is 2.23. The molecule has 2 aromatic heterocycles. The van der Waals surface area contributed by atoms with Crippen LogP contribution in [0.5, 0.6) is 5.75 Å². The average molecular weight is 384 g/mol. The van der Waals surface area contributed by atoms with Crippen LogP contribution in [0.3, 0.4) is 0 Å². The Bertz CT molecular complexity index is 1020. The number of ether oxygens (including phenoxy) is 1. The van der Waals surface area contributed by atoms with Gasteiger partial charge in [0.25, 0.3) is 5.91 Å². The zero-order chi connectivity index (χ0) is 19.9. The Balaban J connectivity index is 1.56. The summed E-state index contributed by atoms with van der Waals surface area (Å²) in [6.45, 7) is 1.83. The summed E-state index contributed by atoms with van der Waals surface area (Å²) in [5.74, 6) is 0.313. The molecule has 3 rings (SSSR count). The second-order valence-electron chi connectivity index (χ2n) is 6.10. The van der Waals surface area contributed by atoms with Crippen molar-refractivity contribution in [2.45, 2.75) is 26.3 Å². The first-order valence-corrected chi connectivity index (χ1v) is 8.85. The van der Waals surface area contributed by atoms with Crippen molar-refractivity contribution in [1.82, 2.24) is 10.6 Å². The van der Waals surface area contributed by atoms with Crippen molar-refractivity contribution in [3.8, 4) is 5.75 Å². The van der Waals surface area contributed by atoms with Crippen LogP contribution in [0.1, 0.15) is 24.7 Å². The third-order valence-corrected chi connectivity index (χ3v) is 3.95. The third kappa shape index (κ3) is 5.00. The van der Waals surface area contributed by atoms with Crippen molar-refractivity contribution in [1.29, 1.82) is 0 Å². The smallest absolute Gasteiger partial charge is 0.336 e. The van der Waals surface area contributed by atoms with E-state index in [0.29, 0.717) is 17.1 Å². The summed E-state index contributed by atoms with van der Waals surface area (Å²) >= 11 is 0. The summed E-state index contributed by atoms with van der Waals surface area (Å²) in [6, 6.07) is 9.26. The maximum absolute atomic E-state index is 11.9. The van der Waals surface area contributed by atoms with Crippen LogP contribution >= 0.6 is 0 Å². The molecular weight excluding hydrogens is 364 g/mol. The molecule has 2 N–H and O–H groups in total. The molecule has 146 valence electrons. The minimum atomic E-state index is -0.654. The fraction of sp³-hybridized carbons (Fsp3) is 0.250. The van der Waals surface area contributed by atoms with Crippen molar-refractivity contribution in [3.63, 3.8) is 0 Å². The van der Waals surface area contributed by atoms with Crippen LogP contribution in [-0.4, -0.2) is 18.5 Å². The maximum atomic E-state index is 11.9. The Morgan fingerprint density at radius 1 is 1.18 bits per heavy atom. The molecule has 3 amide bonds. The van der Waals surface area contributed by atoms with Crippen LogP contribution in [0.25, 0.3) is 11.0 Å². The molecule has 0 radical (unpaired) electrons. The quantitative estimate of drug-likeness (QED) is 0.606. The normalized spacial score (nSPS) is 10.6. The van der Waals surface area contributed by atoms with Gasteiger partial charge in [-0.15, -0.1) is 0 Å². The van der Waals surface area contributed by atoms with Gasteiger partial charge in [0.1, 0.15) is 17.1 Å². The van der Waals surface area contributed by atoms with E-state index in [0.717, 1.165) is 23.8 Å². The summed E-state index contributed by atoms with van der Waals surface area (Å²) in [7, 11) is 0. The number of nitrogens with one attached hydrogen (secondary N) is 2. The van der Waals surface area contributed by atoms with E-state index in [1.165, 1.54) is 12.3 Å². The lowest BCUT2D eigenvalue weighted by Gasteiger charge is -2.09. The molecular formula is C20H20N2O6. The van der Waals surface area contributed by atoms with Gasteiger partial charge >= 0.3 is 11.7 Å². The molecule has 8 nitrogen and oxygen atoms in total. The van der Waals surface area contributed by atoms with Gasteiger partial charge < -0.3 is 18.9 Å². The van der Waals surface area contributed by atoms with Crippen LogP contribution in [0.2, 0.25) is 0 Å². The first-order valence-electron chi connectivity index (χ1n) is 8.85. The highest BCUT2D eigenvalue weighted by atomic mass is 16.5. The molecule has 8 heteroatoms. The summed E-state index contributed by atoms with van der Waals surface area (Å²) in [5, 5.41) is 5.48. The van der Waals surface area contributed by atoms with E-state index in [9.17, 15) is 14.4 Å². The summed E-state index contributed by atoms with van der Waals surface area (Å²) in [6.07, 6.45) is 3.15. The molecule has 0 saturated carbocycles. The highest BCUT2D eigenvalue weighted by Gasteiger charge is 2.11. The largest absolute Gasteiger partial charge is 0.484 e. The average Bonchev–Trinajstić information content (AvgIpc) is 3.18. The Morgan fingerprint density at radius 3 is 2.79 bits per heavy atom. The molecule has 0 atom stereocenters. The van der Waals surface area contributed by atoms with Gasteiger partial charge in [0.05, 0.1) is 12.8 Å². The standard InChI is InChI=1S/C20H20N2O6/c1-2-4-13-9-19(24)28-17-10-14(6-7-16(13)17)27-12-18(23)22-20(25)21-11-15-5-3-8-26-15/h3,5-10H,2,4,11-12H2,1H3,(H2,21,22,23,25). The predicted molar refractivity (Wildman–Crippen MR) is 101 cm³/mol. The molecule has 0 aliphatic rings. The van der Waals surface area contributed by atoms with Crippen molar-refractivity contribution < 1.29 is 23.2 Å². The van der Waals surface area contributed by atoms with Gasteiger partial charge in [0.15, 0.2) is 6.61 Å². The molecule has 0 fully saturated rings. The molecule has 1 aromatic carbocycles. The number of benzene rings is 1. The van der Waals surface area contributed by atoms with E-state index < -0.39 is 17.6 Å². The minimum absolute atomic E-state index is 0.163. The van der Waals surface area contributed by atoms with Gasteiger partial charge in [0.2, 0.25) is 0 Å². The fourth-order valence-corrected chi connectivity index (χ4v) is 2.71. The topological polar surface area (TPSA) is 111 Å². The van der Waals surface area contributed by atoms with Gasteiger partial charge in [-0.05, 0) is 36.2 Å². The van der Waals surface area contributed by atoms with Gasteiger partial charge in [-0.1, -0.05) is 13.3 Å². The van der Waals surface area contributed by atoms with Crippen molar-refractivity contribution in [2.24, 2.45) is 0 Å².